The molecule has 1 aliphatic rings. The monoisotopic (exact) mass is 213 g/mol. The van der Waals surface area contributed by atoms with Crippen LogP contribution in [0.2, 0.25) is 0 Å². The first-order valence-corrected chi connectivity index (χ1v) is 5.29. The van der Waals surface area contributed by atoms with Crippen molar-refractivity contribution in [3.63, 3.8) is 0 Å². The van der Waals surface area contributed by atoms with Gasteiger partial charge in [-0.3, -0.25) is 4.99 Å². The fourth-order valence-electron chi connectivity index (χ4n) is 1.49. The predicted molar refractivity (Wildman–Crippen MR) is 68.0 cm³/mol. The zero-order valence-corrected chi connectivity index (χ0v) is 9.06. The van der Waals surface area contributed by atoms with E-state index in [-0.39, 0.29) is 0 Å². The molecule has 0 aliphatic heterocycles. The Morgan fingerprint density at radius 2 is 1.75 bits per heavy atom. The largest absolute Gasteiger partial charge is 0.402 e. The Labute approximate surface area is 95.2 Å². The van der Waals surface area contributed by atoms with Crippen molar-refractivity contribution >= 4 is 11.9 Å². The molecule has 0 saturated heterocycles. The molecule has 0 unspecified atom stereocenters. The Morgan fingerprint density at radius 3 is 2.38 bits per heavy atom. The number of aliphatic imine (C=N–C) groups is 1. The molecule has 0 bridgehead atoms. The Morgan fingerprint density at radius 1 is 1.00 bits per heavy atom. The minimum absolute atomic E-state index is 0.768. The number of benzene rings is 1. The summed E-state index contributed by atoms with van der Waals surface area (Å²) in [5, 5.41) is 0. The third kappa shape index (κ3) is 2.73. The van der Waals surface area contributed by atoms with Crippen LogP contribution in [0.1, 0.15) is 18.4 Å². The standard InChI is InChI=1S/C13H15N3/c14-11-3-1-10(2-4-11)9-16-13-7-5-12(15)6-8-13/h1-5,7,9H,6,8,14-15H2. The van der Waals surface area contributed by atoms with Gasteiger partial charge < -0.3 is 11.5 Å². The van der Waals surface area contributed by atoms with Gasteiger partial charge in [0.15, 0.2) is 0 Å². The fourth-order valence-corrected chi connectivity index (χ4v) is 1.49. The molecular weight excluding hydrogens is 198 g/mol. The van der Waals surface area contributed by atoms with Gasteiger partial charge in [-0.2, -0.15) is 0 Å². The minimum Gasteiger partial charge on any atom is -0.402 e. The van der Waals surface area contributed by atoms with Crippen molar-refractivity contribution in [2.45, 2.75) is 12.8 Å². The van der Waals surface area contributed by atoms with Gasteiger partial charge in [0.25, 0.3) is 0 Å². The highest BCUT2D eigenvalue weighted by molar-refractivity contribution is 5.81. The van der Waals surface area contributed by atoms with Crippen LogP contribution < -0.4 is 11.5 Å². The van der Waals surface area contributed by atoms with Crippen LogP contribution in [0.15, 0.2) is 52.8 Å². The molecule has 82 valence electrons. The molecule has 3 heteroatoms. The van der Waals surface area contributed by atoms with E-state index in [0.717, 1.165) is 35.5 Å². The van der Waals surface area contributed by atoms with Gasteiger partial charge in [-0.05, 0) is 42.7 Å². The van der Waals surface area contributed by atoms with Gasteiger partial charge in [0.05, 0.1) is 0 Å². The predicted octanol–water partition coefficient (Wildman–Crippen LogP) is 2.21. The second-order valence-corrected chi connectivity index (χ2v) is 3.82. The molecule has 4 N–H and O–H groups in total. The highest BCUT2D eigenvalue weighted by Crippen LogP contribution is 2.15. The Balaban J connectivity index is 2.07. The maximum absolute atomic E-state index is 5.67. The molecule has 0 aromatic heterocycles. The van der Waals surface area contributed by atoms with Gasteiger partial charge in [0.2, 0.25) is 0 Å². The molecule has 16 heavy (non-hydrogen) atoms. The summed E-state index contributed by atoms with van der Waals surface area (Å²) in [6.07, 6.45) is 7.53. The van der Waals surface area contributed by atoms with E-state index < -0.39 is 0 Å². The molecule has 0 saturated carbocycles. The molecule has 2 rings (SSSR count). The lowest BCUT2D eigenvalue weighted by molar-refractivity contribution is 0.882. The van der Waals surface area contributed by atoms with E-state index in [0.29, 0.717) is 0 Å². The summed E-state index contributed by atoms with van der Waals surface area (Å²) in [5.41, 5.74) is 15.1. The summed E-state index contributed by atoms with van der Waals surface area (Å²) in [7, 11) is 0. The van der Waals surface area contributed by atoms with Gasteiger partial charge in [-0.15, -0.1) is 0 Å². The summed E-state index contributed by atoms with van der Waals surface area (Å²) in [4.78, 5) is 4.41. The van der Waals surface area contributed by atoms with Crippen LogP contribution >= 0.6 is 0 Å². The number of nitrogens with two attached hydrogens (primary N) is 2. The van der Waals surface area contributed by atoms with Crippen LogP contribution in [0, 0.1) is 0 Å². The van der Waals surface area contributed by atoms with Gasteiger partial charge in [-0.25, -0.2) is 0 Å². The maximum atomic E-state index is 5.67. The van der Waals surface area contributed by atoms with Crippen molar-refractivity contribution in [3.8, 4) is 0 Å². The summed E-state index contributed by atoms with van der Waals surface area (Å²) >= 11 is 0. The van der Waals surface area contributed by atoms with Crippen molar-refractivity contribution in [1.82, 2.24) is 0 Å². The van der Waals surface area contributed by atoms with Gasteiger partial charge in [0.1, 0.15) is 0 Å². The topological polar surface area (TPSA) is 64.4 Å². The second kappa shape index (κ2) is 4.66. The van der Waals surface area contributed by atoms with Crippen molar-refractivity contribution in [3.05, 3.63) is 53.4 Å². The first kappa shape index (κ1) is 10.5. The number of nitrogens with zero attached hydrogens (tertiary/aromatic N) is 1. The van der Waals surface area contributed by atoms with E-state index in [1.54, 1.807) is 0 Å². The third-order valence-electron chi connectivity index (χ3n) is 2.48. The number of anilines is 1. The molecule has 3 nitrogen and oxygen atoms in total. The lowest BCUT2D eigenvalue weighted by Crippen LogP contribution is -2.00. The number of rotatable bonds is 2. The smallest absolute Gasteiger partial charge is 0.0408 e. The highest BCUT2D eigenvalue weighted by Gasteiger charge is 2.01. The molecule has 1 aliphatic carbocycles. The summed E-state index contributed by atoms with van der Waals surface area (Å²) < 4.78 is 0. The summed E-state index contributed by atoms with van der Waals surface area (Å²) in [6.45, 7) is 0. The van der Waals surface area contributed by atoms with E-state index in [2.05, 4.69) is 4.99 Å². The molecule has 0 spiro atoms. The summed E-state index contributed by atoms with van der Waals surface area (Å²) in [6, 6.07) is 7.64. The van der Waals surface area contributed by atoms with Crippen molar-refractivity contribution in [2.75, 3.05) is 5.73 Å². The molecule has 1 aromatic rings. The number of nitrogen functional groups attached to an aromatic ring is 1. The average molecular weight is 213 g/mol. The summed E-state index contributed by atoms with van der Waals surface area (Å²) in [5.74, 6) is 0. The lowest BCUT2D eigenvalue weighted by Gasteiger charge is -2.07. The van der Waals surface area contributed by atoms with Crippen LogP contribution in [0.4, 0.5) is 5.69 Å². The average Bonchev–Trinajstić information content (AvgIpc) is 2.30. The number of hydrogen-bond donors (Lipinski definition) is 2. The molecule has 0 fully saturated rings. The highest BCUT2D eigenvalue weighted by atomic mass is 14.7. The Kier molecular flexibility index (Phi) is 3.05. The lowest BCUT2D eigenvalue weighted by atomic mass is 10.1. The number of allylic oxidation sites excluding steroid dienone is 4. The minimum atomic E-state index is 0.768. The van der Waals surface area contributed by atoms with Crippen LogP contribution in [-0.2, 0) is 0 Å². The van der Waals surface area contributed by atoms with Crippen molar-refractivity contribution in [1.29, 1.82) is 0 Å². The molecule has 0 heterocycles. The van der Waals surface area contributed by atoms with Gasteiger partial charge in [0, 0.05) is 23.3 Å². The third-order valence-corrected chi connectivity index (χ3v) is 2.48. The van der Waals surface area contributed by atoms with E-state index in [1.807, 2.05) is 42.6 Å². The normalized spacial score (nSPS) is 16.0. The quantitative estimate of drug-likeness (QED) is 0.584. The SMILES string of the molecule is NC1=CC=C(N=Cc2ccc(N)cc2)CC1. The second-order valence-electron chi connectivity index (χ2n) is 3.82. The Bertz CT molecular complexity index is 453. The molecule has 0 amide bonds. The zero-order chi connectivity index (χ0) is 11.4. The zero-order valence-electron chi connectivity index (χ0n) is 9.06. The van der Waals surface area contributed by atoms with Crippen molar-refractivity contribution in [2.24, 2.45) is 10.7 Å². The first-order chi connectivity index (χ1) is 7.74. The molecule has 0 radical (unpaired) electrons. The van der Waals surface area contributed by atoms with E-state index in [9.17, 15) is 0 Å². The number of hydrogen-bond acceptors (Lipinski definition) is 3. The van der Waals surface area contributed by atoms with E-state index in [4.69, 9.17) is 11.5 Å². The first-order valence-electron chi connectivity index (χ1n) is 5.29. The fraction of sp³-hybridized carbons (Fsp3) is 0.154. The Hall–Kier alpha value is -2.03. The van der Waals surface area contributed by atoms with Crippen LogP contribution in [0.5, 0.6) is 0 Å². The van der Waals surface area contributed by atoms with E-state index in [1.165, 1.54) is 0 Å². The maximum Gasteiger partial charge on any atom is 0.0408 e. The van der Waals surface area contributed by atoms with Gasteiger partial charge >= 0.3 is 0 Å². The van der Waals surface area contributed by atoms with Crippen LogP contribution in [0.3, 0.4) is 0 Å². The van der Waals surface area contributed by atoms with Crippen molar-refractivity contribution < 1.29 is 0 Å². The van der Waals surface area contributed by atoms with E-state index >= 15 is 0 Å². The molecule has 1 aromatic carbocycles. The van der Waals surface area contributed by atoms with Crippen LogP contribution in [0.25, 0.3) is 0 Å². The molecule has 0 atom stereocenters. The van der Waals surface area contributed by atoms with Crippen LogP contribution in [-0.4, -0.2) is 6.21 Å². The molecular formula is C13H15N3. The van der Waals surface area contributed by atoms with Gasteiger partial charge in [-0.1, -0.05) is 12.1 Å².